The maximum Gasteiger partial charge on any atom is 0.309 e. The van der Waals surface area contributed by atoms with Crippen LogP contribution in [0.2, 0.25) is 5.02 Å². The maximum atomic E-state index is 10.7. The van der Waals surface area contributed by atoms with Crippen molar-refractivity contribution in [2.45, 2.75) is 6.92 Å². The van der Waals surface area contributed by atoms with Gasteiger partial charge in [-0.1, -0.05) is 29.8 Å². The van der Waals surface area contributed by atoms with Crippen LogP contribution >= 0.6 is 11.6 Å². The third kappa shape index (κ3) is 2.85. The van der Waals surface area contributed by atoms with Crippen molar-refractivity contribution in [1.82, 2.24) is 9.78 Å². The zero-order valence-corrected chi connectivity index (χ0v) is 11.5. The average molecular weight is 296 g/mol. The number of halogens is 1. The van der Waals surface area contributed by atoms with Crippen molar-refractivity contribution < 1.29 is 14.6 Å². The van der Waals surface area contributed by atoms with Gasteiger partial charge in [-0.3, -0.25) is 4.79 Å². The summed E-state index contributed by atoms with van der Waals surface area (Å²) < 4.78 is 6.77. The summed E-state index contributed by atoms with van der Waals surface area (Å²) in [5.74, 6) is -1.23. The minimum atomic E-state index is -0.948. The first kappa shape index (κ1) is 14.2. The van der Waals surface area contributed by atoms with Gasteiger partial charge in [0.05, 0.1) is 11.6 Å². The first-order valence-electron chi connectivity index (χ1n) is 5.95. The zero-order valence-electron chi connectivity index (χ0n) is 10.8. The molecular weight excluding hydrogens is 282 g/mol. The number of nitrogens with zero attached hydrogens (tertiary/aromatic N) is 2. The highest BCUT2D eigenvalue weighted by Gasteiger charge is 2.18. The van der Waals surface area contributed by atoms with E-state index in [0.717, 1.165) is 5.69 Å². The molecule has 0 aliphatic rings. The fourth-order valence-corrected chi connectivity index (χ4v) is 1.70. The van der Waals surface area contributed by atoms with E-state index in [4.69, 9.17) is 27.2 Å². The number of aromatic nitrogens is 2. The number of anilines is 1. The molecule has 0 aliphatic carbocycles. The molecule has 1 unspecified atom stereocenters. The van der Waals surface area contributed by atoms with Crippen LogP contribution in [0.5, 0.6) is 5.88 Å². The van der Waals surface area contributed by atoms with Crippen molar-refractivity contribution in [2.24, 2.45) is 5.92 Å². The Morgan fingerprint density at radius 3 is 2.75 bits per heavy atom. The Bertz CT molecular complexity index is 613. The minimum absolute atomic E-state index is 0.0275. The van der Waals surface area contributed by atoms with Crippen LogP contribution in [0.25, 0.3) is 5.69 Å². The second kappa shape index (κ2) is 5.83. The number of benzene rings is 1. The highest BCUT2D eigenvalue weighted by Crippen LogP contribution is 2.31. The lowest BCUT2D eigenvalue weighted by Gasteiger charge is -2.06. The van der Waals surface area contributed by atoms with Crippen molar-refractivity contribution >= 4 is 23.4 Å². The van der Waals surface area contributed by atoms with Crippen LogP contribution in [-0.4, -0.2) is 27.5 Å². The van der Waals surface area contributed by atoms with E-state index in [0.29, 0.717) is 0 Å². The molecule has 0 spiro atoms. The third-order valence-corrected chi connectivity index (χ3v) is 3.08. The quantitative estimate of drug-likeness (QED) is 0.882. The van der Waals surface area contributed by atoms with Gasteiger partial charge >= 0.3 is 5.97 Å². The van der Waals surface area contributed by atoms with Crippen LogP contribution in [0.4, 0.5) is 5.82 Å². The third-order valence-electron chi connectivity index (χ3n) is 2.72. The van der Waals surface area contributed by atoms with Gasteiger partial charge in [0.1, 0.15) is 17.4 Å². The molecule has 0 saturated carbocycles. The van der Waals surface area contributed by atoms with E-state index >= 15 is 0 Å². The summed E-state index contributed by atoms with van der Waals surface area (Å²) >= 11 is 6.05. The van der Waals surface area contributed by atoms with E-state index < -0.39 is 11.9 Å². The van der Waals surface area contributed by atoms with Crippen LogP contribution in [0.3, 0.4) is 0 Å². The number of nitrogens with two attached hydrogens (primary N) is 1. The number of aliphatic carboxylic acids is 1. The molecule has 3 N–H and O–H groups in total. The summed E-state index contributed by atoms with van der Waals surface area (Å²) in [5, 5.41) is 13.1. The van der Waals surface area contributed by atoms with Gasteiger partial charge in [0.25, 0.3) is 5.88 Å². The first-order valence-corrected chi connectivity index (χ1v) is 6.33. The van der Waals surface area contributed by atoms with Crippen molar-refractivity contribution in [3.63, 3.8) is 0 Å². The van der Waals surface area contributed by atoms with Gasteiger partial charge < -0.3 is 15.6 Å². The Kier molecular flexibility index (Phi) is 4.14. The molecule has 7 heteroatoms. The van der Waals surface area contributed by atoms with Crippen molar-refractivity contribution in [2.75, 3.05) is 12.3 Å². The number of ether oxygens (including phenoxy) is 1. The van der Waals surface area contributed by atoms with E-state index in [1.165, 1.54) is 11.6 Å². The van der Waals surface area contributed by atoms with Gasteiger partial charge in [-0.15, -0.1) is 5.10 Å². The van der Waals surface area contributed by atoms with Crippen LogP contribution in [-0.2, 0) is 4.79 Å². The molecule has 2 rings (SSSR count). The van der Waals surface area contributed by atoms with Crippen LogP contribution in [0.1, 0.15) is 6.92 Å². The van der Waals surface area contributed by atoms with Gasteiger partial charge in [-0.25, -0.2) is 4.68 Å². The van der Waals surface area contributed by atoms with Gasteiger partial charge in [-0.05, 0) is 19.1 Å². The predicted molar refractivity (Wildman–Crippen MR) is 75.3 cm³/mol. The minimum Gasteiger partial charge on any atom is -0.481 e. The smallest absolute Gasteiger partial charge is 0.309 e. The van der Waals surface area contributed by atoms with Crippen molar-refractivity contribution in [1.29, 1.82) is 0 Å². The number of para-hydroxylation sites is 1. The highest BCUT2D eigenvalue weighted by molar-refractivity contribution is 6.34. The Labute approximate surface area is 120 Å². The Balaban J connectivity index is 2.22. The number of nitrogen functional groups attached to an aromatic ring is 1. The standard InChI is InChI=1S/C13H14ClN3O3/c1-8(13(18)19)7-20-12-10(14)11(15)17(16-12)9-5-3-2-4-6-9/h2-6,8H,7,15H2,1H3,(H,18,19). The number of carboxylic acids is 1. The predicted octanol–water partition coefficient (Wildman–Crippen LogP) is 2.21. The van der Waals surface area contributed by atoms with E-state index in [1.807, 2.05) is 30.3 Å². The largest absolute Gasteiger partial charge is 0.481 e. The molecule has 0 saturated heterocycles. The van der Waals surface area contributed by atoms with Crippen LogP contribution < -0.4 is 10.5 Å². The highest BCUT2D eigenvalue weighted by atomic mass is 35.5. The number of carbonyl (C=O) groups is 1. The monoisotopic (exact) mass is 295 g/mol. The van der Waals surface area contributed by atoms with Gasteiger partial charge in [-0.2, -0.15) is 0 Å². The number of hydrogen-bond acceptors (Lipinski definition) is 4. The molecule has 0 amide bonds. The van der Waals surface area contributed by atoms with E-state index in [9.17, 15) is 4.79 Å². The van der Waals surface area contributed by atoms with Crippen LogP contribution in [0, 0.1) is 5.92 Å². The number of hydrogen-bond donors (Lipinski definition) is 2. The number of rotatable bonds is 5. The van der Waals surface area contributed by atoms with Crippen molar-refractivity contribution in [3.8, 4) is 11.6 Å². The fraction of sp³-hybridized carbons (Fsp3) is 0.231. The summed E-state index contributed by atoms with van der Waals surface area (Å²) in [4.78, 5) is 10.7. The lowest BCUT2D eigenvalue weighted by molar-refractivity contribution is -0.142. The molecule has 106 valence electrons. The molecule has 2 aromatic rings. The van der Waals surface area contributed by atoms with Gasteiger partial charge in [0.15, 0.2) is 0 Å². The normalized spacial score (nSPS) is 12.1. The summed E-state index contributed by atoms with van der Waals surface area (Å²) in [6.45, 7) is 1.51. The topological polar surface area (TPSA) is 90.4 Å². The summed E-state index contributed by atoms with van der Waals surface area (Å²) in [5.41, 5.74) is 6.62. The molecule has 1 atom stereocenters. The SMILES string of the molecule is CC(COc1nn(-c2ccccc2)c(N)c1Cl)C(=O)O. The maximum absolute atomic E-state index is 10.7. The second-order valence-corrected chi connectivity index (χ2v) is 4.68. The molecule has 6 nitrogen and oxygen atoms in total. The lowest BCUT2D eigenvalue weighted by atomic mass is 10.2. The van der Waals surface area contributed by atoms with E-state index in [-0.39, 0.29) is 23.3 Å². The molecule has 0 aliphatic heterocycles. The Morgan fingerprint density at radius 1 is 1.50 bits per heavy atom. The fourth-order valence-electron chi connectivity index (χ4n) is 1.52. The Morgan fingerprint density at radius 2 is 2.15 bits per heavy atom. The summed E-state index contributed by atoms with van der Waals surface area (Å²) in [6, 6.07) is 9.21. The summed E-state index contributed by atoms with van der Waals surface area (Å²) in [7, 11) is 0. The molecule has 0 radical (unpaired) electrons. The van der Waals surface area contributed by atoms with E-state index in [2.05, 4.69) is 5.10 Å². The average Bonchev–Trinajstić information content (AvgIpc) is 2.73. The molecule has 0 fully saturated rings. The molecular formula is C13H14ClN3O3. The Hall–Kier alpha value is -2.21. The molecule has 1 aromatic carbocycles. The van der Waals surface area contributed by atoms with E-state index in [1.54, 1.807) is 0 Å². The molecule has 1 aromatic heterocycles. The zero-order chi connectivity index (χ0) is 14.7. The van der Waals surface area contributed by atoms with Crippen molar-refractivity contribution in [3.05, 3.63) is 35.4 Å². The molecule has 20 heavy (non-hydrogen) atoms. The molecule has 1 heterocycles. The first-order chi connectivity index (χ1) is 9.50. The van der Waals surface area contributed by atoms with Gasteiger partial charge in [0, 0.05) is 0 Å². The van der Waals surface area contributed by atoms with Gasteiger partial charge in [0.2, 0.25) is 0 Å². The lowest BCUT2D eigenvalue weighted by Crippen LogP contribution is -2.18. The molecule has 0 bridgehead atoms. The van der Waals surface area contributed by atoms with Crippen LogP contribution in [0.15, 0.2) is 30.3 Å². The summed E-state index contributed by atoms with van der Waals surface area (Å²) in [6.07, 6.45) is 0. The second-order valence-electron chi connectivity index (χ2n) is 4.30. The number of carboxylic acid groups (broad SMARTS) is 1.